The molecule has 0 aliphatic heterocycles. The van der Waals surface area contributed by atoms with Gasteiger partial charge in [-0.15, -0.1) is 0 Å². The van der Waals surface area contributed by atoms with Crippen molar-refractivity contribution in [2.45, 2.75) is 45.3 Å². The van der Waals surface area contributed by atoms with Crippen LogP contribution in [0.3, 0.4) is 0 Å². The number of aryl methyl sites for hydroxylation is 1. The van der Waals surface area contributed by atoms with Gasteiger partial charge in [-0.1, -0.05) is 12.1 Å². The van der Waals surface area contributed by atoms with Gasteiger partial charge >= 0.3 is 0 Å². The third-order valence-electron chi connectivity index (χ3n) is 3.60. The van der Waals surface area contributed by atoms with Crippen molar-refractivity contribution in [3.63, 3.8) is 0 Å². The maximum Gasteiger partial charge on any atom is 0.220 e. The molecule has 0 bridgehead atoms. The molecule has 1 aromatic rings. The Morgan fingerprint density at radius 3 is 2.30 bits per heavy atom. The van der Waals surface area contributed by atoms with E-state index in [-0.39, 0.29) is 5.91 Å². The Balaban J connectivity index is 2.49. The number of hydrogen-bond acceptors (Lipinski definition) is 3. The highest BCUT2D eigenvalue weighted by atomic mass is 16.3. The second-order valence-electron chi connectivity index (χ2n) is 6.01. The molecule has 0 saturated heterocycles. The largest absolute Gasteiger partial charge is 0.391 e. The minimum absolute atomic E-state index is 0.0346. The van der Waals surface area contributed by atoms with Crippen molar-refractivity contribution in [2.24, 2.45) is 0 Å². The third-order valence-corrected chi connectivity index (χ3v) is 3.60. The first-order valence-electron chi connectivity index (χ1n) is 6.97. The zero-order valence-corrected chi connectivity index (χ0v) is 13.1. The maximum absolute atomic E-state index is 11.9. The van der Waals surface area contributed by atoms with Crippen LogP contribution in [0.15, 0.2) is 24.3 Å². The van der Waals surface area contributed by atoms with Gasteiger partial charge in [-0.05, 0) is 44.9 Å². The molecule has 4 nitrogen and oxygen atoms in total. The topological polar surface area (TPSA) is 52.6 Å². The van der Waals surface area contributed by atoms with Gasteiger partial charge in [0, 0.05) is 26.2 Å². The SMILES string of the molecule is CC(O)C(C)(C)NC(=O)CCc1ccc(N(C)C)cc1. The van der Waals surface area contributed by atoms with E-state index in [0.717, 1.165) is 11.3 Å². The number of carbonyl (C=O) groups excluding carboxylic acids is 1. The van der Waals surface area contributed by atoms with Crippen LogP contribution in [0.2, 0.25) is 0 Å². The highest BCUT2D eigenvalue weighted by Gasteiger charge is 2.25. The van der Waals surface area contributed by atoms with Crippen molar-refractivity contribution in [3.05, 3.63) is 29.8 Å². The smallest absolute Gasteiger partial charge is 0.220 e. The fourth-order valence-corrected chi connectivity index (χ4v) is 1.74. The van der Waals surface area contributed by atoms with E-state index in [1.807, 2.05) is 57.1 Å². The lowest BCUT2D eigenvalue weighted by molar-refractivity contribution is -0.123. The lowest BCUT2D eigenvalue weighted by atomic mass is 9.98. The second kappa shape index (κ2) is 6.75. The molecule has 0 aliphatic rings. The van der Waals surface area contributed by atoms with Gasteiger partial charge in [0.25, 0.3) is 0 Å². The molecule has 1 atom stereocenters. The zero-order valence-electron chi connectivity index (χ0n) is 13.1. The Morgan fingerprint density at radius 2 is 1.85 bits per heavy atom. The second-order valence-corrected chi connectivity index (χ2v) is 6.01. The van der Waals surface area contributed by atoms with E-state index >= 15 is 0 Å². The number of aliphatic hydroxyl groups is 1. The summed E-state index contributed by atoms with van der Waals surface area (Å²) in [5.41, 5.74) is 1.69. The summed E-state index contributed by atoms with van der Waals surface area (Å²) in [4.78, 5) is 13.9. The van der Waals surface area contributed by atoms with E-state index < -0.39 is 11.6 Å². The van der Waals surface area contributed by atoms with Gasteiger partial charge in [0.1, 0.15) is 0 Å². The van der Waals surface area contributed by atoms with E-state index in [4.69, 9.17) is 0 Å². The van der Waals surface area contributed by atoms with Gasteiger partial charge in [-0.3, -0.25) is 4.79 Å². The van der Waals surface area contributed by atoms with Crippen LogP contribution in [-0.2, 0) is 11.2 Å². The molecule has 0 spiro atoms. The van der Waals surface area contributed by atoms with Crippen molar-refractivity contribution in [1.29, 1.82) is 0 Å². The Hall–Kier alpha value is -1.55. The van der Waals surface area contributed by atoms with Crippen molar-refractivity contribution < 1.29 is 9.90 Å². The number of rotatable bonds is 6. The van der Waals surface area contributed by atoms with E-state index in [1.165, 1.54) is 0 Å². The number of anilines is 1. The number of hydrogen-bond donors (Lipinski definition) is 2. The summed E-state index contributed by atoms with van der Waals surface area (Å²) in [7, 11) is 4.00. The molecule has 1 amide bonds. The standard InChI is InChI=1S/C16H26N2O2/c1-12(19)16(2,3)17-15(20)11-8-13-6-9-14(10-7-13)18(4)5/h6-7,9-10,12,19H,8,11H2,1-5H3,(H,17,20). The highest BCUT2D eigenvalue weighted by Crippen LogP contribution is 2.14. The molecule has 0 heterocycles. The molecule has 0 saturated carbocycles. The summed E-state index contributed by atoms with van der Waals surface area (Å²) in [6, 6.07) is 8.19. The number of nitrogens with zero attached hydrogens (tertiary/aromatic N) is 1. The average molecular weight is 278 g/mol. The third kappa shape index (κ3) is 4.85. The predicted molar refractivity (Wildman–Crippen MR) is 83.0 cm³/mol. The summed E-state index contributed by atoms with van der Waals surface area (Å²) in [6.07, 6.45) is 0.554. The molecule has 2 N–H and O–H groups in total. The Labute approximate surface area is 121 Å². The minimum atomic E-state index is -0.591. The molecular formula is C16H26N2O2. The monoisotopic (exact) mass is 278 g/mol. The van der Waals surface area contributed by atoms with Crippen LogP contribution in [0.4, 0.5) is 5.69 Å². The van der Waals surface area contributed by atoms with Crippen LogP contribution in [0.1, 0.15) is 32.8 Å². The van der Waals surface area contributed by atoms with E-state index in [2.05, 4.69) is 5.32 Å². The van der Waals surface area contributed by atoms with Crippen molar-refractivity contribution in [3.8, 4) is 0 Å². The van der Waals surface area contributed by atoms with Crippen LogP contribution in [-0.4, -0.2) is 36.8 Å². The number of aliphatic hydroxyl groups excluding tert-OH is 1. The van der Waals surface area contributed by atoms with E-state index in [0.29, 0.717) is 12.8 Å². The summed E-state index contributed by atoms with van der Waals surface area (Å²) in [5.74, 6) is -0.0346. The van der Waals surface area contributed by atoms with Crippen LogP contribution in [0.25, 0.3) is 0 Å². The molecule has 20 heavy (non-hydrogen) atoms. The number of benzene rings is 1. The molecule has 0 aromatic heterocycles. The summed E-state index contributed by atoms with van der Waals surface area (Å²) >= 11 is 0. The Bertz CT molecular complexity index is 436. The fraction of sp³-hybridized carbons (Fsp3) is 0.562. The lowest BCUT2D eigenvalue weighted by Gasteiger charge is -2.29. The first kappa shape index (κ1) is 16.5. The lowest BCUT2D eigenvalue weighted by Crippen LogP contribution is -2.51. The van der Waals surface area contributed by atoms with Crippen LogP contribution >= 0.6 is 0 Å². The molecule has 1 aromatic carbocycles. The Kier molecular flexibility index (Phi) is 5.57. The zero-order chi connectivity index (χ0) is 15.3. The molecule has 1 unspecified atom stereocenters. The Morgan fingerprint density at radius 1 is 1.30 bits per heavy atom. The number of carbonyl (C=O) groups is 1. The van der Waals surface area contributed by atoms with Gasteiger partial charge in [0.15, 0.2) is 0 Å². The molecule has 0 fully saturated rings. The molecular weight excluding hydrogens is 252 g/mol. The molecule has 1 rings (SSSR count). The van der Waals surface area contributed by atoms with Gasteiger partial charge in [0.2, 0.25) is 5.91 Å². The van der Waals surface area contributed by atoms with Gasteiger partial charge in [0.05, 0.1) is 11.6 Å². The first-order valence-corrected chi connectivity index (χ1v) is 6.97. The quantitative estimate of drug-likeness (QED) is 0.836. The molecule has 0 radical (unpaired) electrons. The maximum atomic E-state index is 11.9. The van der Waals surface area contributed by atoms with Crippen LogP contribution in [0, 0.1) is 0 Å². The van der Waals surface area contributed by atoms with Gasteiger partial charge < -0.3 is 15.3 Å². The van der Waals surface area contributed by atoms with Crippen LogP contribution in [0.5, 0.6) is 0 Å². The van der Waals surface area contributed by atoms with E-state index in [1.54, 1.807) is 6.92 Å². The number of nitrogens with one attached hydrogen (secondary N) is 1. The normalized spacial score (nSPS) is 12.9. The average Bonchev–Trinajstić information content (AvgIpc) is 2.36. The first-order chi connectivity index (χ1) is 9.22. The van der Waals surface area contributed by atoms with Gasteiger partial charge in [-0.2, -0.15) is 0 Å². The van der Waals surface area contributed by atoms with E-state index in [9.17, 15) is 9.90 Å². The molecule has 4 heteroatoms. The van der Waals surface area contributed by atoms with Crippen molar-refractivity contribution in [2.75, 3.05) is 19.0 Å². The minimum Gasteiger partial charge on any atom is -0.391 e. The summed E-state index contributed by atoms with van der Waals surface area (Å²) < 4.78 is 0. The summed E-state index contributed by atoms with van der Waals surface area (Å²) in [5, 5.41) is 12.4. The summed E-state index contributed by atoms with van der Waals surface area (Å²) in [6.45, 7) is 5.32. The van der Waals surface area contributed by atoms with Gasteiger partial charge in [-0.25, -0.2) is 0 Å². The van der Waals surface area contributed by atoms with Crippen molar-refractivity contribution >= 4 is 11.6 Å². The molecule has 112 valence electrons. The fourth-order valence-electron chi connectivity index (χ4n) is 1.74. The predicted octanol–water partition coefficient (Wildman–Crippen LogP) is 1.96. The highest BCUT2D eigenvalue weighted by molar-refractivity contribution is 5.77. The van der Waals surface area contributed by atoms with Crippen LogP contribution < -0.4 is 10.2 Å². The van der Waals surface area contributed by atoms with Crippen molar-refractivity contribution in [1.82, 2.24) is 5.32 Å². The molecule has 0 aliphatic carbocycles. The number of amides is 1.